The van der Waals surface area contributed by atoms with Gasteiger partial charge in [-0.2, -0.15) is 9.65 Å². The highest BCUT2D eigenvalue weighted by atomic mass is 19.1. The molecule has 1 nitrogen and oxygen atoms in total. The zero-order valence-corrected chi connectivity index (χ0v) is 16.6. The van der Waals surface area contributed by atoms with Gasteiger partial charge in [-0.05, 0) is 98.8 Å². The van der Waals surface area contributed by atoms with E-state index in [4.69, 9.17) is 5.26 Å². The van der Waals surface area contributed by atoms with Gasteiger partial charge in [0.15, 0.2) is 5.83 Å². The van der Waals surface area contributed by atoms with Crippen LogP contribution in [0.15, 0.2) is 48.3 Å². The van der Waals surface area contributed by atoms with Gasteiger partial charge in [-0.1, -0.05) is 37.1 Å². The minimum Gasteiger partial charge on any atom is -0.207 e. The third-order valence-corrected chi connectivity index (χ3v) is 6.80. The summed E-state index contributed by atoms with van der Waals surface area (Å²) in [5, 5.41) is 8.41. The highest BCUT2D eigenvalue weighted by molar-refractivity contribution is 5.21. The fourth-order valence-corrected chi connectivity index (χ4v) is 4.99. The molecule has 0 heterocycles. The van der Waals surface area contributed by atoms with Crippen LogP contribution in [-0.4, -0.2) is 0 Å². The summed E-state index contributed by atoms with van der Waals surface area (Å²) < 4.78 is 25.9. The van der Waals surface area contributed by atoms with Crippen LogP contribution in [0, 0.1) is 34.9 Å². The average Bonchev–Trinajstić information content (AvgIpc) is 2.74. The number of halogens is 2. The fourth-order valence-electron chi connectivity index (χ4n) is 4.99. The molecule has 0 atom stereocenters. The maximum Gasteiger partial charge on any atom is 0.199 e. The van der Waals surface area contributed by atoms with Gasteiger partial charge in [0, 0.05) is 0 Å². The Bertz CT molecular complexity index is 697. The van der Waals surface area contributed by atoms with Gasteiger partial charge in [-0.3, -0.25) is 0 Å². The molecule has 0 aromatic heterocycles. The molecular weight excluding hydrogens is 352 g/mol. The lowest BCUT2D eigenvalue weighted by molar-refractivity contribution is 0.246. The summed E-state index contributed by atoms with van der Waals surface area (Å²) in [6, 6.07) is 8.59. The number of rotatable bonds is 6. The van der Waals surface area contributed by atoms with E-state index in [1.807, 2.05) is 12.1 Å². The highest BCUT2D eigenvalue weighted by Gasteiger charge is 2.24. The van der Waals surface area contributed by atoms with Crippen molar-refractivity contribution in [3.63, 3.8) is 0 Å². The predicted octanol–water partition coefficient (Wildman–Crippen LogP) is 7.62. The van der Waals surface area contributed by atoms with Gasteiger partial charge in [0.05, 0.1) is 0 Å². The number of hydrogen-bond acceptors (Lipinski definition) is 1. The van der Waals surface area contributed by atoms with Crippen molar-refractivity contribution in [2.24, 2.45) is 17.8 Å². The van der Waals surface area contributed by atoms with E-state index in [9.17, 15) is 8.78 Å². The molecule has 3 heteroatoms. The Morgan fingerprint density at radius 1 is 0.929 bits per heavy atom. The van der Waals surface area contributed by atoms with Crippen molar-refractivity contribution in [2.45, 2.75) is 70.1 Å². The Balaban J connectivity index is 1.33. The lowest BCUT2D eigenvalue weighted by Gasteiger charge is -2.31. The quantitative estimate of drug-likeness (QED) is 0.366. The smallest absolute Gasteiger partial charge is 0.199 e. The molecule has 0 aliphatic heterocycles. The van der Waals surface area contributed by atoms with Gasteiger partial charge >= 0.3 is 0 Å². The van der Waals surface area contributed by atoms with Crippen molar-refractivity contribution in [1.82, 2.24) is 0 Å². The van der Waals surface area contributed by atoms with Crippen LogP contribution in [0.4, 0.5) is 8.78 Å². The first kappa shape index (κ1) is 20.8. The standard InChI is InChI=1S/C25H31F2N/c26-24-16-14-23(15-17-24)22-12-10-21(11-13-22)9-8-20-6-4-19(5-7-20)2-1-3-25(27)18-28/h1-3,14-17,19-22H,4-13H2/b2-1+,25-3-. The van der Waals surface area contributed by atoms with Crippen LogP contribution in [0.3, 0.4) is 0 Å². The number of benzene rings is 1. The highest BCUT2D eigenvalue weighted by Crippen LogP contribution is 2.39. The van der Waals surface area contributed by atoms with Crippen LogP contribution in [0.1, 0.15) is 75.7 Å². The molecule has 0 radical (unpaired) electrons. The largest absolute Gasteiger partial charge is 0.207 e. The minimum atomic E-state index is -0.723. The third-order valence-electron chi connectivity index (χ3n) is 6.80. The number of allylic oxidation sites excluding steroid dienone is 4. The Hall–Kier alpha value is -1.95. The van der Waals surface area contributed by atoms with Crippen LogP contribution in [0.25, 0.3) is 0 Å². The van der Waals surface area contributed by atoms with E-state index < -0.39 is 5.83 Å². The van der Waals surface area contributed by atoms with Gasteiger partial charge in [0.2, 0.25) is 0 Å². The summed E-state index contributed by atoms with van der Waals surface area (Å²) in [6.07, 6.45) is 17.7. The topological polar surface area (TPSA) is 23.8 Å². The summed E-state index contributed by atoms with van der Waals surface area (Å²) in [7, 11) is 0. The van der Waals surface area contributed by atoms with Crippen molar-refractivity contribution < 1.29 is 8.78 Å². The first-order chi connectivity index (χ1) is 13.6. The molecular formula is C25H31F2N. The Morgan fingerprint density at radius 2 is 1.50 bits per heavy atom. The molecule has 3 rings (SSSR count). The van der Waals surface area contributed by atoms with E-state index in [0.717, 1.165) is 11.8 Å². The zero-order valence-electron chi connectivity index (χ0n) is 16.6. The van der Waals surface area contributed by atoms with Crippen molar-refractivity contribution in [1.29, 1.82) is 5.26 Å². The predicted molar refractivity (Wildman–Crippen MR) is 110 cm³/mol. The van der Waals surface area contributed by atoms with Crippen LogP contribution in [0.5, 0.6) is 0 Å². The van der Waals surface area contributed by atoms with Crippen molar-refractivity contribution in [3.05, 3.63) is 59.7 Å². The summed E-state index contributed by atoms with van der Waals surface area (Å²) >= 11 is 0. The second kappa shape index (κ2) is 10.6. The van der Waals surface area contributed by atoms with E-state index in [0.29, 0.717) is 11.8 Å². The molecule has 2 saturated carbocycles. The van der Waals surface area contributed by atoms with Gasteiger partial charge in [0.1, 0.15) is 11.9 Å². The van der Waals surface area contributed by atoms with Gasteiger partial charge in [-0.25, -0.2) is 4.39 Å². The molecule has 0 bridgehead atoms. The lowest BCUT2D eigenvalue weighted by atomic mass is 9.74. The van der Waals surface area contributed by atoms with E-state index >= 15 is 0 Å². The molecule has 0 spiro atoms. The summed E-state index contributed by atoms with van der Waals surface area (Å²) in [5.74, 6) is 1.97. The van der Waals surface area contributed by atoms with Crippen LogP contribution >= 0.6 is 0 Å². The maximum absolute atomic E-state index is 13.1. The molecule has 2 fully saturated rings. The van der Waals surface area contributed by atoms with E-state index in [1.54, 1.807) is 18.2 Å². The van der Waals surface area contributed by atoms with E-state index in [-0.39, 0.29) is 5.82 Å². The Morgan fingerprint density at radius 3 is 2.07 bits per heavy atom. The van der Waals surface area contributed by atoms with Gasteiger partial charge < -0.3 is 0 Å². The molecule has 0 N–H and O–H groups in total. The molecule has 28 heavy (non-hydrogen) atoms. The minimum absolute atomic E-state index is 0.145. The summed E-state index contributed by atoms with van der Waals surface area (Å²) in [4.78, 5) is 0. The van der Waals surface area contributed by atoms with Crippen LogP contribution < -0.4 is 0 Å². The first-order valence-corrected chi connectivity index (χ1v) is 10.8. The molecule has 0 amide bonds. The molecule has 0 unspecified atom stereocenters. The van der Waals surface area contributed by atoms with Gasteiger partial charge in [-0.15, -0.1) is 0 Å². The third kappa shape index (κ3) is 6.30. The zero-order chi connectivity index (χ0) is 19.8. The van der Waals surface area contributed by atoms with Crippen LogP contribution in [-0.2, 0) is 0 Å². The lowest BCUT2D eigenvalue weighted by Crippen LogP contribution is -2.17. The van der Waals surface area contributed by atoms with Crippen molar-refractivity contribution >= 4 is 0 Å². The molecule has 150 valence electrons. The average molecular weight is 384 g/mol. The molecule has 2 aliphatic carbocycles. The number of nitriles is 1. The van der Waals surface area contributed by atoms with Crippen molar-refractivity contribution in [2.75, 3.05) is 0 Å². The Labute approximate surface area is 168 Å². The van der Waals surface area contributed by atoms with Crippen molar-refractivity contribution in [3.8, 4) is 6.07 Å². The summed E-state index contributed by atoms with van der Waals surface area (Å²) in [5.41, 5.74) is 1.30. The molecule has 2 aliphatic rings. The normalized spacial score (nSPS) is 29.0. The Kier molecular flexibility index (Phi) is 7.83. The second-order valence-electron chi connectivity index (χ2n) is 8.64. The molecule has 0 saturated heterocycles. The van der Waals surface area contributed by atoms with E-state index in [1.165, 1.54) is 81.9 Å². The molecule has 1 aromatic carbocycles. The number of hydrogen-bond donors (Lipinski definition) is 0. The first-order valence-electron chi connectivity index (χ1n) is 10.8. The summed E-state index contributed by atoms with van der Waals surface area (Å²) in [6.45, 7) is 0. The van der Waals surface area contributed by atoms with Crippen LogP contribution in [0.2, 0.25) is 0 Å². The van der Waals surface area contributed by atoms with Gasteiger partial charge in [0.25, 0.3) is 0 Å². The van der Waals surface area contributed by atoms with E-state index in [2.05, 4.69) is 6.08 Å². The number of nitrogens with zero attached hydrogens (tertiary/aromatic N) is 1. The fraction of sp³-hybridized carbons (Fsp3) is 0.560. The monoisotopic (exact) mass is 383 g/mol. The maximum atomic E-state index is 13.1. The SMILES string of the molecule is N#C/C(F)=C/C=C/C1CCC(CCC2CCC(c3ccc(F)cc3)CC2)CC1. The molecule has 1 aromatic rings. The second-order valence-corrected chi connectivity index (χ2v) is 8.64.